The van der Waals surface area contributed by atoms with E-state index < -0.39 is 30.9 Å². The summed E-state index contributed by atoms with van der Waals surface area (Å²) in [5.74, 6) is -1.76. The van der Waals surface area contributed by atoms with Crippen molar-refractivity contribution in [1.82, 2.24) is 14.5 Å². The van der Waals surface area contributed by atoms with E-state index in [0.29, 0.717) is 10.1 Å². The molecule has 3 aromatic rings. The first kappa shape index (κ1) is 18.7. The van der Waals surface area contributed by atoms with Gasteiger partial charge in [0.15, 0.2) is 5.82 Å². The number of hydrogen-bond acceptors (Lipinski definition) is 5. The van der Waals surface area contributed by atoms with Crippen molar-refractivity contribution in [3.63, 3.8) is 0 Å². The van der Waals surface area contributed by atoms with Gasteiger partial charge in [0.25, 0.3) is 11.8 Å². The minimum absolute atomic E-state index is 0.0877. The average Bonchev–Trinajstić information content (AvgIpc) is 3.21. The number of nitrogens with zero attached hydrogens (tertiary/aromatic N) is 3. The summed E-state index contributed by atoms with van der Waals surface area (Å²) in [6.45, 7) is -3.44. The summed E-state index contributed by atoms with van der Waals surface area (Å²) < 4.78 is 32.5. The van der Waals surface area contributed by atoms with E-state index in [1.54, 1.807) is 42.5 Å². The summed E-state index contributed by atoms with van der Waals surface area (Å²) in [5, 5.41) is 0. The standard InChI is InChI=1S/C20H15F2N3O4/c21-20(22)25-15-8-4-3-7-14(15)23-16(25)11-29-17(26)9-10-24-18(27)12-5-1-2-6-13(12)19(24)28/h1-8,20H,9-11H2. The highest BCUT2D eigenvalue weighted by molar-refractivity contribution is 6.21. The highest BCUT2D eigenvalue weighted by Gasteiger charge is 2.35. The second-order valence-corrected chi connectivity index (χ2v) is 6.38. The van der Waals surface area contributed by atoms with E-state index in [1.807, 2.05) is 0 Å². The third-order valence-electron chi connectivity index (χ3n) is 4.64. The monoisotopic (exact) mass is 399 g/mol. The van der Waals surface area contributed by atoms with Crippen LogP contribution in [0.15, 0.2) is 48.5 Å². The molecule has 0 bridgehead atoms. The molecule has 2 aromatic carbocycles. The van der Waals surface area contributed by atoms with Gasteiger partial charge in [-0.1, -0.05) is 24.3 Å². The quantitative estimate of drug-likeness (QED) is 0.470. The summed E-state index contributed by atoms with van der Waals surface area (Å²) in [6, 6.07) is 12.8. The number of amides is 2. The number of carbonyl (C=O) groups excluding carboxylic acids is 3. The zero-order valence-corrected chi connectivity index (χ0v) is 15.0. The number of halogens is 2. The third kappa shape index (κ3) is 3.35. The molecule has 0 fully saturated rings. The van der Waals surface area contributed by atoms with Gasteiger partial charge in [-0.15, -0.1) is 0 Å². The van der Waals surface area contributed by atoms with Gasteiger partial charge in [0.1, 0.15) is 6.61 Å². The number of rotatable bonds is 6. The molecular weight excluding hydrogens is 384 g/mol. The van der Waals surface area contributed by atoms with Gasteiger partial charge >= 0.3 is 12.5 Å². The smallest absolute Gasteiger partial charge is 0.320 e. The van der Waals surface area contributed by atoms with E-state index in [4.69, 9.17) is 4.74 Å². The number of para-hydroxylation sites is 2. The van der Waals surface area contributed by atoms with Crippen LogP contribution in [0.3, 0.4) is 0 Å². The molecule has 0 saturated heterocycles. The molecule has 7 nitrogen and oxygen atoms in total. The number of esters is 1. The van der Waals surface area contributed by atoms with Crippen molar-refractivity contribution in [2.24, 2.45) is 0 Å². The lowest BCUT2D eigenvalue weighted by Gasteiger charge is -2.13. The molecule has 2 heterocycles. The van der Waals surface area contributed by atoms with E-state index in [0.717, 1.165) is 4.90 Å². The summed E-state index contributed by atoms with van der Waals surface area (Å²) in [4.78, 5) is 41.7. The van der Waals surface area contributed by atoms with Crippen LogP contribution in [-0.2, 0) is 16.1 Å². The number of hydrogen-bond donors (Lipinski definition) is 0. The Kier molecular flexibility index (Phi) is 4.79. The van der Waals surface area contributed by atoms with E-state index in [1.165, 1.54) is 6.07 Å². The molecule has 0 spiro atoms. The Morgan fingerprint density at radius 3 is 2.28 bits per heavy atom. The van der Waals surface area contributed by atoms with Crippen LogP contribution in [0.1, 0.15) is 39.5 Å². The van der Waals surface area contributed by atoms with Crippen molar-refractivity contribution in [2.45, 2.75) is 19.6 Å². The second-order valence-electron chi connectivity index (χ2n) is 6.38. The Balaban J connectivity index is 1.39. The van der Waals surface area contributed by atoms with Crippen molar-refractivity contribution in [2.75, 3.05) is 6.54 Å². The SMILES string of the molecule is O=C(CCN1C(=O)c2ccccc2C1=O)OCc1nc2ccccc2n1C(F)F. The molecule has 2 amide bonds. The van der Waals surface area contributed by atoms with Crippen molar-refractivity contribution >= 4 is 28.8 Å². The lowest BCUT2D eigenvalue weighted by molar-refractivity contribution is -0.145. The molecule has 0 saturated carbocycles. The van der Waals surface area contributed by atoms with Crippen LogP contribution in [-0.4, -0.2) is 38.8 Å². The first-order valence-corrected chi connectivity index (χ1v) is 8.82. The van der Waals surface area contributed by atoms with Crippen LogP contribution in [0.5, 0.6) is 0 Å². The average molecular weight is 399 g/mol. The topological polar surface area (TPSA) is 81.5 Å². The minimum atomic E-state index is -2.84. The van der Waals surface area contributed by atoms with Crippen LogP contribution >= 0.6 is 0 Å². The van der Waals surface area contributed by atoms with Crippen LogP contribution < -0.4 is 0 Å². The van der Waals surface area contributed by atoms with Crippen molar-refractivity contribution in [3.05, 3.63) is 65.5 Å². The molecule has 0 unspecified atom stereocenters. The lowest BCUT2D eigenvalue weighted by atomic mass is 10.1. The molecule has 148 valence electrons. The van der Waals surface area contributed by atoms with Gasteiger partial charge in [-0.25, -0.2) is 4.98 Å². The summed E-state index contributed by atoms with van der Waals surface area (Å²) in [5.41, 5.74) is 1.18. The molecule has 0 atom stereocenters. The van der Waals surface area contributed by atoms with Crippen molar-refractivity contribution < 1.29 is 27.9 Å². The van der Waals surface area contributed by atoms with E-state index in [9.17, 15) is 23.2 Å². The molecular formula is C20H15F2N3O4. The maximum Gasteiger partial charge on any atom is 0.320 e. The Labute approximate surface area is 163 Å². The fraction of sp³-hybridized carbons (Fsp3) is 0.200. The molecule has 1 aliphatic heterocycles. The number of ether oxygens (including phenoxy) is 1. The largest absolute Gasteiger partial charge is 0.457 e. The maximum atomic E-state index is 13.4. The molecule has 1 aromatic heterocycles. The first-order valence-electron chi connectivity index (χ1n) is 8.82. The maximum absolute atomic E-state index is 13.4. The molecule has 0 aliphatic carbocycles. The number of benzene rings is 2. The Morgan fingerprint density at radius 1 is 1.00 bits per heavy atom. The van der Waals surface area contributed by atoms with Gasteiger partial charge in [-0.05, 0) is 24.3 Å². The van der Waals surface area contributed by atoms with Crippen LogP contribution in [0.2, 0.25) is 0 Å². The Morgan fingerprint density at radius 2 is 1.62 bits per heavy atom. The molecule has 4 rings (SSSR count). The summed E-state index contributed by atoms with van der Waals surface area (Å²) >= 11 is 0. The van der Waals surface area contributed by atoms with Gasteiger partial charge in [-0.2, -0.15) is 8.78 Å². The predicted molar refractivity (Wildman–Crippen MR) is 97.2 cm³/mol. The minimum Gasteiger partial charge on any atom is -0.457 e. The van der Waals surface area contributed by atoms with Crippen molar-refractivity contribution in [1.29, 1.82) is 0 Å². The van der Waals surface area contributed by atoms with E-state index in [2.05, 4.69) is 4.98 Å². The molecule has 29 heavy (non-hydrogen) atoms. The molecule has 1 aliphatic rings. The first-order chi connectivity index (χ1) is 14.0. The number of alkyl halides is 2. The molecule has 9 heteroatoms. The van der Waals surface area contributed by atoms with Gasteiger partial charge in [0, 0.05) is 6.54 Å². The Bertz CT molecular complexity index is 1090. The van der Waals surface area contributed by atoms with Crippen molar-refractivity contribution in [3.8, 4) is 0 Å². The summed E-state index contributed by atoms with van der Waals surface area (Å²) in [7, 11) is 0. The number of aromatic nitrogens is 2. The normalized spacial score (nSPS) is 13.4. The van der Waals surface area contributed by atoms with Crippen LogP contribution in [0, 0.1) is 0 Å². The van der Waals surface area contributed by atoms with E-state index in [-0.39, 0.29) is 35.4 Å². The Hall–Kier alpha value is -3.62. The number of carbonyl (C=O) groups is 3. The van der Waals surface area contributed by atoms with Crippen LogP contribution in [0.4, 0.5) is 8.78 Å². The van der Waals surface area contributed by atoms with Gasteiger partial charge in [-0.3, -0.25) is 23.9 Å². The van der Waals surface area contributed by atoms with Gasteiger partial charge in [0.05, 0.1) is 28.6 Å². The lowest BCUT2D eigenvalue weighted by Crippen LogP contribution is -2.32. The van der Waals surface area contributed by atoms with Crippen LogP contribution in [0.25, 0.3) is 11.0 Å². The zero-order chi connectivity index (χ0) is 20.5. The highest BCUT2D eigenvalue weighted by atomic mass is 19.3. The number of imidazole rings is 1. The number of imide groups is 1. The van der Waals surface area contributed by atoms with Gasteiger partial charge in [0.2, 0.25) is 0 Å². The second kappa shape index (κ2) is 7.42. The predicted octanol–water partition coefficient (Wildman–Crippen LogP) is 3.16. The molecule has 0 N–H and O–H groups in total. The third-order valence-corrected chi connectivity index (χ3v) is 4.64. The number of fused-ring (bicyclic) bond motifs is 2. The molecule has 0 radical (unpaired) electrons. The zero-order valence-electron chi connectivity index (χ0n) is 15.0. The fourth-order valence-corrected chi connectivity index (χ4v) is 3.28. The van der Waals surface area contributed by atoms with E-state index >= 15 is 0 Å². The highest BCUT2D eigenvalue weighted by Crippen LogP contribution is 2.24. The fourth-order valence-electron chi connectivity index (χ4n) is 3.28. The van der Waals surface area contributed by atoms with Gasteiger partial charge < -0.3 is 4.74 Å². The summed E-state index contributed by atoms with van der Waals surface area (Å²) in [6.07, 6.45) is -0.250.